The van der Waals surface area contributed by atoms with E-state index in [-0.39, 0.29) is 11.1 Å². The van der Waals surface area contributed by atoms with Gasteiger partial charge in [-0.2, -0.15) is 13.2 Å². The van der Waals surface area contributed by atoms with Gasteiger partial charge in [0.05, 0.1) is 22.2 Å². The molecule has 1 saturated carbocycles. The van der Waals surface area contributed by atoms with E-state index in [1.54, 1.807) is 0 Å². The summed E-state index contributed by atoms with van der Waals surface area (Å²) < 4.78 is 40.2. The Kier molecular flexibility index (Phi) is 7.69. The van der Waals surface area contributed by atoms with Crippen LogP contribution in [-0.2, 0) is 6.18 Å². The maximum absolute atomic E-state index is 13.4. The predicted molar refractivity (Wildman–Crippen MR) is 138 cm³/mol. The van der Waals surface area contributed by atoms with Crippen LogP contribution in [0, 0.1) is 0 Å². The molecule has 1 amide bonds. The summed E-state index contributed by atoms with van der Waals surface area (Å²) in [7, 11) is 3.95. The second-order valence-electron chi connectivity index (χ2n) is 9.41. The zero-order valence-electron chi connectivity index (χ0n) is 20.0. The summed E-state index contributed by atoms with van der Waals surface area (Å²) in [5, 5.41) is 3.11. The van der Waals surface area contributed by atoms with Gasteiger partial charge in [-0.15, -0.1) is 0 Å². The summed E-state index contributed by atoms with van der Waals surface area (Å²) in [6.45, 7) is 0. The lowest BCUT2D eigenvalue weighted by Gasteiger charge is -2.44. The first-order chi connectivity index (χ1) is 17.0. The molecular weight excluding hydrogens is 508 g/mol. The lowest BCUT2D eigenvalue weighted by Crippen LogP contribution is -2.53. The number of nitrogens with zero attached hydrogens (tertiary/aromatic N) is 1. The number of nitrogens with one attached hydrogen (secondary N) is 1. The van der Waals surface area contributed by atoms with Crippen molar-refractivity contribution in [2.24, 2.45) is 0 Å². The molecule has 0 saturated heterocycles. The largest absolute Gasteiger partial charge is 0.417 e. The summed E-state index contributed by atoms with van der Waals surface area (Å²) >= 11 is 12.1. The third kappa shape index (κ3) is 5.26. The van der Waals surface area contributed by atoms with Crippen LogP contribution in [0.3, 0.4) is 0 Å². The van der Waals surface area contributed by atoms with Gasteiger partial charge in [0, 0.05) is 10.6 Å². The van der Waals surface area contributed by atoms with Crippen LogP contribution in [0.25, 0.3) is 11.1 Å². The maximum Gasteiger partial charge on any atom is 0.417 e. The molecule has 0 spiro atoms. The minimum atomic E-state index is -4.65. The lowest BCUT2D eigenvalue weighted by atomic mass is 9.81. The zero-order valence-corrected chi connectivity index (χ0v) is 21.5. The molecule has 4 rings (SSSR count). The fourth-order valence-electron chi connectivity index (χ4n) is 5.15. The Bertz CT molecular complexity index is 1220. The van der Waals surface area contributed by atoms with Crippen molar-refractivity contribution in [2.45, 2.75) is 43.4 Å². The monoisotopic (exact) mass is 534 g/mol. The van der Waals surface area contributed by atoms with Crippen molar-refractivity contribution >= 4 is 29.1 Å². The predicted octanol–water partition coefficient (Wildman–Crippen LogP) is 8.02. The van der Waals surface area contributed by atoms with E-state index in [4.69, 9.17) is 23.2 Å². The van der Waals surface area contributed by atoms with Gasteiger partial charge in [-0.1, -0.05) is 78.5 Å². The van der Waals surface area contributed by atoms with Crippen molar-refractivity contribution in [3.05, 3.63) is 93.5 Å². The molecule has 3 aromatic rings. The number of hydrogen-bond donors (Lipinski definition) is 1. The normalized spacial score (nSPS) is 16.2. The molecule has 1 fully saturated rings. The summed E-state index contributed by atoms with van der Waals surface area (Å²) in [5.74, 6) is -0.633. The van der Waals surface area contributed by atoms with Crippen LogP contribution >= 0.6 is 23.2 Å². The Morgan fingerprint density at radius 3 is 2.00 bits per heavy atom. The Labute approximate surface area is 219 Å². The average Bonchev–Trinajstić information content (AvgIpc) is 3.34. The molecule has 190 valence electrons. The van der Waals surface area contributed by atoms with E-state index < -0.39 is 28.7 Å². The quantitative estimate of drug-likeness (QED) is 0.347. The van der Waals surface area contributed by atoms with E-state index in [1.807, 2.05) is 62.6 Å². The summed E-state index contributed by atoms with van der Waals surface area (Å²) in [4.78, 5) is 15.5. The smallest absolute Gasteiger partial charge is 0.343 e. The number of hydrogen-bond acceptors (Lipinski definition) is 2. The van der Waals surface area contributed by atoms with Crippen molar-refractivity contribution in [1.82, 2.24) is 10.2 Å². The van der Waals surface area contributed by atoms with Crippen LogP contribution < -0.4 is 5.32 Å². The molecule has 0 radical (unpaired) electrons. The summed E-state index contributed by atoms with van der Waals surface area (Å²) in [5.41, 5.74) is 1.27. The van der Waals surface area contributed by atoms with Gasteiger partial charge in [-0.3, -0.25) is 4.79 Å². The van der Waals surface area contributed by atoms with Crippen molar-refractivity contribution in [3.63, 3.8) is 0 Å². The van der Waals surface area contributed by atoms with Gasteiger partial charge < -0.3 is 10.2 Å². The number of carbonyl (C=O) groups excluding carboxylic acids is 1. The van der Waals surface area contributed by atoms with Crippen LogP contribution in [0.15, 0.2) is 66.7 Å². The van der Waals surface area contributed by atoms with Crippen LogP contribution in [0.5, 0.6) is 0 Å². The Balaban J connectivity index is 1.72. The molecule has 0 aromatic heterocycles. The van der Waals surface area contributed by atoms with E-state index in [2.05, 4.69) is 10.2 Å². The topological polar surface area (TPSA) is 32.3 Å². The van der Waals surface area contributed by atoms with Gasteiger partial charge in [-0.25, -0.2) is 0 Å². The van der Waals surface area contributed by atoms with Gasteiger partial charge in [0.15, 0.2) is 0 Å². The number of benzene rings is 3. The molecule has 0 bridgehead atoms. The standard InChI is InChI=1S/C28H27Cl2F3N2O/c1-35(2)27(16-3-4-17-27)25(20-10-8-18(9-11-20)19-12-14-21(29)15-13-19)34-26(36)22-6-5-7-23(24(22)30)28(31,32)33/h5-15,25H,3-4,16-17H2,1-2H3,(H,34,36). The van der Waals surface area contributed by atoms with Crippen molar-refractivity contribution in [3.8, 4) is 11.1 Å². The van der Waals surface area contributed by atoms with Gasteiger partial charge in [0.2, 0.25) is 0 Å². The van der Waals surface area contributed by atoms with Crippen molar-refractivity contribution in [1.29, 1.82) is 0 Å². The average molecular weight is 535 g/mol. The molecule has 1 aliphatic carbocycles. The fraction of sp³-hybridized carbons (Fsp3) is 0.321. The molecule has 1 aliphatic rings. The fourth-order valence-corrected chi connectivity index (χ4v) is 5.60. The molecule has 8 heteroatoms. The van der Waals surface area contributed by atoms with Crippen LogP contribution in [0.4, 0.5) is 13.2 Å². The Hall–Kier alpha value is -2.54. The maximum atomic E-state index is 13.4. The van der Waals surface area contributed by atoms with Gasteiger partial charge in [0.1, 0.15) is 0 Å². The van der Waals surface area contributed by atoms with Gasteiger partial charge in [-0.05, 0) is 67.9 Å². The van der Waals surface area contributed by atoms with E-state index in [1.165, 1.54) is 12.1 Å². The van der Waals surface area contributed by atoms with Gasteiger partial charge >= 0.3 is 6.18 Å². The number of halogens is 5. The first-order valence-corrected chi connectivity index (χ1v) is 12.5. The van der Waals surface area contributed by atoms with Crippen LogP contribution in [0.2, 0.25) is 10.0 Å². The zero-order chi connectivity index (χ0) is 26.1. The van der Waals surface area contributed by atoms with E-state index in [0.29, 0.717) is 5.02 Å². The summed E-state index contributed by atoms with van der Waals surface area (Å²) in [6.07, 6.45) is -0.962. The highest BCUT2D eigenvalue weighted by molar-refractivity contribution is 6.34. The minimum Gasteiger partial charge on any atom is -0.343 e. The molecular formula is C28H27Cl2F3N2O. The number of amides is 1. The molecule has 0 heterocycles. The molecule has 1 atom stereocenters. The Morgan fingerprint density at radius 2 is 1.47 bits per heavy atom. The van der Waals surface area contributed by atoms with Crippen LogP contribution in [-0.4, -0.2) is 30.4 Å². The number of likely N-dealkylation sites (N-methyl/N-ethyl adjacent to an activating group) is 1. The van der Waals surface area contributed by atoms with E-state index in [0.717, 1.165) is 48.4 Å². The third-order valence-electron chi connectivity index (χ3n) is 7.14. The summed E-state index contributed by atoms with van der Waals surface area (Å²) in [6, 6.07) is 18.4. The highest BCUT2D eigenvalue weighted by Gasteiger charge is 2.45. The second kappa shape index (κ2) is 10.4. The highest BCUT2D eigenvalue weighted by Crippen LogP contribution is 2.44. The van der Waals surface area contributed by atoms with Crippen molar-refractivity contribution in [2.75, 3.05) is 14.1 Å². The highest BCUT2D eigenvalue weighted by atomic mass is 35.5. The van der Waals surface area contributed by atoms with E-state index in [9.17, 15) is 18.0 Å². The minimum absolute atomic E-state index is 0.193. The molecule has 3 nitrogen and oxygen atoms in total. The molecule has 36 heavy (non-hydrogen) atoms. The number of alkyl halides is 3. The second-order valence-corrected chi connectivity index (χ2v) is 10.2. The number of rotatable bonds is 6. The third-order valence-corrected chi connectivity index (χ3v) is 7.80. The van der Waals surface area contributed by atoms with Crippen LogP contribution in [0.1, 0.15) is 53.2 Å². The SMILES string of the molecule is CN(C)C1(C(NC(=O)c2cccc(C(F)(F)F)c2Cl)c2ccc(-c3ccc(Cl)cc3)cc2)CCCC1. The first-order valence-electron chi connectivity index (χ1n) is 11.7. The Morgan fingerprint density at radius 1 is 0.917 bits per heavy atom. The molecule has 3 aromatic carbocycles. The lowest BCUT2D eigenvalue weighted by molar-refractivity contribution is -0.137. The first kappa shape index (κ1) is 26.5. The molecule has 1 N–H and O–H groups in total. The number of carbonyl (C=O) groups is 1. The molecule has 0 aliphatic heterocycles. The van der Waals surface area contributed by atoms with Gasteiger partial charge in [0.25, 0.3) is 5.91 Å². The van der Waals surface area contributed by atoms with E-state index >= 15 is 0 Å². The van der Waals surface area contributed by atoms with Crippen molar-refractivity contribution < 1.29 is 18.0 Å². The molecule has 1 unspecified atom stereocenters.